The van der Waals surface area contributed by atoms with Gasteiger partial charge in [0.05, 0.1) is 23.4 Å². The van der Waals surface area contributed by atoms with Crippen molar-refractivity contribution in [1.29, 1.82) is 0 Å². The van der Waals surface area contributed by atoms with Crippen molar-refractivity contribution in [2.75, 3.05) is 25.1 Å². The molecule has 0 unspecified atom stereocenters. The Bertz CT molecular complexity index is 328. The molecule has 15 heavy (non-hydrogen) atoms. The van der Waals surface area contributed by atoms with Gasteiger partial charge in [0.1, 0.15) is 0 Å². The maximum absolute atomic E-state index is 9.37. The van der Waals surface area contributed by atoms with Gasteiger partial charge in [-0.05, 0) is 24.6 Å². The summed E-state index contributed by atoms with van der Waals surface area (Å²) in [4.78, 5) is 1.87. The Kier molecular flexibility index (Phi) is 4.39. The van der Waals surface area contributed by atoms with Crippen LogP contribution in [0.2, 0.25) is 5.02 Å². The predicted molar refractivity (Wildman–Crippen MR) is 62.4 cm³/mol. The zero-order valence-electron chi connectivity index (χ0n) is 8.94. The molecule has 2 N–H and O–H groups in total. The van der Waals surface area contributed by atoms with E-state index in [1.54, 1.807) is 13.0 Å². The number of hydrogen-bond acceptors (Lipinski definition) is 3. The largest absolute Gasteiger partial charge is 0.395 e. The molecule has 0 bridgehead atoms. The summed E-state index contributed by atoms with van der Waals surface area (Å²) in [7, 11) is 1.86. The summed E-state index contributed by atoms with van der Waals surface area (Å²) in [5.41, 5.74) is 1.65. The van der Waals surface area contributed by atoms with E-state index >= 15 is 0 Å². The SMILES string of the molecule is C[C@@H](O)c1ccc(N(C)CCO)c(Cl)c1. The van der Waals surface area contributed by atoms with Gasteiger partial charge in [0.25, 0.3) is 0 Å². The van der Waals surface area contributed by atoms with Crippen LogP contribution in [0.25, 0.3) is 0 Å². The van der Waals surface area contributed by atoms with Gasteiger partial charge in [0.15, 0.2) is 0 Å². The highest BCUT2D eigenvalue weighted by molar-refractivity contribution is 6.33. The number of aliphatic hydroxyl groups excluding tert-OH is 2. The second kappa shape index (κ2) is 5.35. The molecule has 0 fully saturated rings. The molecule has 0 amide bonds. The topological polar surface area (TPSA) is 43.7 Å². The lowest BCUT2D eigenvalue weighted by atomic mass is 10.1. The van der Waals surface area contributed by atoms with Crippen molar-refractivity contribution < 1.29 is 10.2 Å². The third-order valence-electron chi connectivity index (χ3n) is 2.30. The van der Waals surface area contributed by atoms with Crippen molar-refractivity contribution >= 4 is 17.3 Å². The van der Waals surface area contributed by atoms with Crippen molar-refractivity contribution in [3.8, 4) is 0 Å². The van der Waals surface area contributed by atoms with Crippen molar-refractivity contribution in [3.05, 3.63) is 28.8 Å². The van der Waals surface area contributed by atoms with Crippen LogP contribution < -0.4 is 4.90 Å². The quantitative estimate of drug-likeness (QED) is 0.828. The van der Waals surface area contributed by atoms with Crippen LogP contribution in [0, 0.1) is 0 Å². The van der Waals surface area contributed by atoms with E-state index in [-0.39, 0.29) is 6.61 Å². The molecule has 0 heterocycles. The fourth-order valence-electron chi connectivity index (χ4n) is 1.36. The van der Waals surface area contributed by atoms with E-state index in [0.717, 1.165) is 11.3 Å². The molecule has 3 nitrogen and oxygen atoms in total. The van der Waals surface area contributed by atoms with Crippen LogP contribution >= 0.6 is 11.6 Å². The number of benzene rings is 1. The van der Waals surface area contributed by atoms with Gasteiger partial charge >= 0.3 is 0 Å². The zero-order chi connectivity index (χ0) is 11.4. The molecular formula is C11H16ClNO2. The Labute approximate surface area is 94.9 Å². The maximum Gasteiger partial charge on any atom is 0.0762 e. The predicted octanol–water partition coefficient (Wildman–Crippen LogP) is 1.82. The van der Waals surface area contributed by atoms with Crippen LogP contribution in [0.1, 0.15) is 18.6 Å². The monoisotopic (exact) mass is 229 g/mol. The first-order valence-corrected chi connectivity index (χ1v) is 5.23. The highest BCUT2D eigenvalue weighted by Gasteiger charge is 2.08. The van der Waals surface area contributed by atoms with Crippen LogP contribution in [0.5, 0.6) is 0 Å². The number of likely N-dealkylation sites (N-methyl/N-ethyl adjacent to an activating group) is 1. The van der Waals surface area contributed by atoms with E-state index in [0.29, 0.717) is 11.6 Å². The van der Waals surface area contributed by atoms with Crippen molar-refractivity contribution in [3.63, 3.8) is 0 Å². The Morgan fingerprint density at radius 3 is 2.60 bits per heavy atom. The Hall–Kier alpha value is -0.770. The van der Waals surface area contributed by atoms with Crippen molar-refractivity contribution in [2.24, 2.45) is 0 Å². The smallest absolute Gasteiger partial charge is 0.0762 e. The normalized spacial score (nSPS) is 12.6. The van der Waals surface area contributed by atoms with E-state index in [4.69, 9.17) is 16.7 Å². The lowest BCUT2D eigenvalue weighted by Crippen LogP contribution is -2.21. The number of halogens is 1. The van der Waals surface area contributed by atoms with E-state index in [1.165, 1.54) is 0 Å². The van der Waals surface area contributed by atoms with Gasteiger partial charge in [-0.2, -0.15) is 0 Å². The molecule has 1 atom stereocenters. The van der Waals surface area contributed by atoms with Gasteiger partial charge in [-0.15, -0.1) is 0 Å². The fraction of sp³-hybridized carbons (Fsp3) is 0.455. The molecular weight excluding hydrogens is 214 g/mol. The maximum atomic E-state index is 9.37. The number of anilines is 1. The fourth-order valence-corrected chi connectivity index (χ4v) is 1.70. The van der Waals surface area contributed by atoms with Gasteiger partial charge in [0.2, 0.25) is 0 Å². The van der Waals surface area contributed by atoms with Crippen molar-refractivity contribution in [2.45, 2.75) is 13.0 Å². The lowest BCUT2D eigenvalue weighted by Gasteiger charge is -2.20. The number of aliphatic hydroxyl groups is 2. The molecule has 1 aromatic carbocycles. The third kappa shape index (κ3) is 3.09. The first kappa shape index (κ1) is 12.3. The third-order valence-corrected chi connectivity index (χ3v) is 2.60. The molecule has 0 aliphatic heterocycles. The minimum Gasteiger partial charge on any atom is -0.395 e. The first-order chi connectivity index (χ1) is 7.06. The first-order valence-electron chi connectivity index (χ1n) is 4.85. The molecule has 4 heteroatoms. The minimum absolute atomic E-state index is 0.0883. The highest BCUT2D eigenvalue weighted by atomic mass is 35.5. The summed E-state index contributed by atoms with van der Waals surface area (Å²) in [6.45, 7) is 2.32. The Morgan fingerprint density at radius 1 is 1.47 bits per heavy atom. The van der Waals surface area contributed by atoms with Gasteiger partial charge < -0.3 is 15.1 Å². The zero-order valence-corrected chi connectivity index (χ0v) is 9.70. The number of hydrogen-bond donors (Lipinski definition) is 2. The molecule has 1 rings (SSSR count). The summed E-state index contributed by atoms with van der Waals surface area (Å²) in [5, 5.41) is 18.8. The molecule has 0 aromatic heterocycles. The van der Waals surface area contributed by atoms with Gasteiger partial charge in [0, 0.05) is 13.6 Å². The summed E-state index contributed by atoms with van der Waals surface area (Å²) >= 11 is 6.07. The van der Waals surface area contributed by atoms with Crippen LogP contribution in [-0.4, -0.2) is 30.4 Å². The van der Waals surface area contributed by atoms with E-state index < -0.39 is 6.10 Å². The Balaban J connectivity index is 2.92. The molecule has 0 saturated carbocycles. The summed E-state index contributed by atoms with van der Waals surface area (Å²) in [6.07, 6.45) is -0.514. The van der Waals surface area contributed by atoms with E-state index in [2.05, 4.69) is 0 Å². The average molecular weight is 230 g/mol. The van der Waals surface area contributed by atoms with Gasteiger partial charge in [-0.3, -0.25) is 0 Å². The molecule has 0 spiro atoms. The second-order valence-electron chi connectivity index (χ2n) is 3.53. The highest BCUT2D eigenvalue weighted by Crippen LogP contribution is 2.28. The van der Waals surface area contributed by atoms with Gasteiger partial charge in [-0.25, -0.2) is 0 Å². The molecule has 0 saturated heterocycles. The molecule has 0 radical (unpaired) electrons. The second-order valence-corrected chi connectivity index (χ2v) is 3.94. The summed E-state index contributed by atoms with van der Waals surface area (Å²) in [6, 6.07) is 5.43. The number of rotatable bonds is 4. The summed E-state index contributed by atoms with van der Waals surface area (Å²) < 4.78 is 0. The standard InChI is InChI=1S/C11H16ClNO2/c1-8(15)9-3-4-11(10(12)7-9)13(2)5-6-14/h3-4,7-8,14-15H,5-6H2,1-2H3/t8-/m1/s1. The van der Waals surface area contributed by atoms with E-state index in [9.17, 15) is 5.11 Å². The van der Waals surface area contributed by atoms with Crippen LogP contribution in [-0.2, 0) is 0 Å². The Morgan fingerprint density at radius 2 is 2.13 bits per heavy atom. The average Bonchev–Trinajstić information content (AvgIpc) is 2.17. The van der Waals surface area contributed by atoms with Crippen LogP contribution in [0.15, 0.2) is 18.2 Å². The molecule has 84 valence electrons. The number of nitrogens with zero attached hydrogens (tertiary/aromatic N) is 1. The molecule has 1 aromatic rings. The minimum atomic E-state index is -0.514. The molecule has 0 aliphatic carbocycles. The van der Waals surface area contributed by atoms with Gasteiger partial charge in [-0.1, -0.05) is 17.7 Å². The molecule has 0 aliphatic rings. The van der Waals surface area contributed by atoms with E-state index in [1.807, 2.05) is 24.1 Å². The summed E-state index contributed by atoms with van der Waals surface area (Å²) in [5.74, 6) is 0. The van der Waals surface area contributed by atoms with Crippen molar-refractivity contribution in [1.82, 2.24) is 0 Å². The van der Waals surface area contributed by atoms with Crippen LogP contribution in [0.4, 0.5) is 5.69 Å². The van der Waals surface area contributed by atoms with Crippen LogP contribution in [0.3, 0.4) is 0 Å². The lowest BCUT2D eigenvalue weighted by molar-refractivity contribution is 0.199.